The molecule has 4 nitrogen and oxygen atoms in total. The number of hydrogen-bond acceptors (Lipinski definition) is 2. The van der Waals surface area contributed by atoms with E-state index in [1.54, 1.807) is 7.11 Å². The molecule has 132 valence electrons. The molecule has 1 atom stereocenters. The van der Waals surface area contributed by atoms with E-state index in [2.05, 4.69) is 25.2 Å². The van der Waals surface area contributed by atoms with Crippen LogP contribution in [0.15, 0.2) is 36.4 Å². The monoisotopic (exact) mass is 359 g/mol. The maximum atomic E-state index is 11.2. The smallest absolute Gasteiger partial charge is 0.405 e. The first kappa shape index (κ1) is 17.6. The number of amides is 1. The lowest BCUT2D eigenvalue weighted by Gasteiger charge is -2.40. The van der Waals surface area contributed by atoms with E-state index >= 15 is 0 Å². The predicted octanol–water partition coefficient (Wildman–Crippen LogP) is 5.30. The molecule has 1 aliphatic carbocycles. The second-order valence-corrected chi connectivity index (χ2v) is 7.54. The van der Waals surface area contributed by atoms with Crippen LogP contribution in [0.5, 0.6) is 5.75 Å². The molecule has 2 N–H and O–H groups in total. The number of benzene rings is 2. The van der Waals surface area contributed by atoms with Gasteiger partial charge >= 0.3 is 6.09 Å². The molecule has 3 rings (SSSR count). The fourth-order valence-electron chi connectivity index (χ4n) is 3.54. The van der Waals surface area contributed by atoms with Crippen molar-refractivity contribution in [1.82, 2.24) is 5.32 Å². The van der Waals surface area contributed by atoms with Crippen LogP contribution in [0.2, 0.25) is 5.02 Å². The van der Waals surface area contributed by atoms with E-state index in [0.29, 0.717) is 5.02 Å². The molecule has 0 radical (unpaired) electrons. The zero-order valence-corrected chi connectivity index (χ0v) is 15.4. The SMILES string of the molecule is COc1ccc(Cl)c(-c2ccc3c(c2)CCC(C)(C)C3NC(=O)O)c1. The summed E-state index contributed by atoms with van der Waals surface area (Å²) in [6.07, 6.45) is 0.835. The number of carboxylic acid groups (broad SMARTS) is 1. The van der Waals surface area contributed by atoms with Gasteiger partial charge in [0, 0.05) is 10.6 Å². The fraction of sp³-hybridized carbons (Fsp3) is 0.350. The molecule has 0 aliphatic heterocycles. The van der Waals surface area contributed by atoms with Crippen molar-refractivity contribution < 1.29 is 14.6 Å². The third kappa shape index (κ3) is 3.45. The van der Waals surface area contributed by atoms with E-state index in [1.807, 2.05) is 30.3 Å². The highest BCUT2D eigenvalue weighted by Gasteiger charge is 2.37. The molecule has 2 aromatic rings. The summed E-state index contributed by atoms with van der Waals surface area (Å²) in [5, 5.41) is 12.6. The van der Waals surface area contributed by atoms with Gasteiger partial charge in [-0.2, -0.15) is 0 Å². The van der Waals surface area contributed by atoms with E-state index in [4.69, 9.17) is 16.3 Å². The van der Waals surface area contributed by atoms with E-state index in [9.17, 15) is 9.90 Å². The molecule has 5 heteroatoms. The topological polar surface area (TPSA) is 58.6 Å². The van der Waals surface area contributed by atoms with Gasteiger partial charge in [-0.25, -0.2) is 4.79 Å². The first-order chi connectivity index (χ1) is 11.8. The van der Waals surface area contributed by atoms with E-state index in [0.717, 1.165) is 40.8 Å². The second kappa shape index (κ2) is 6.60. The fourth-order valence-corrected chi connectivity index (χ4v) is 3.77. The van der Waals surface area contributed by atoms with Crippen molar-refractivity contribution in [3.05, 3.63) is 52.5 Å². The Morgan fingerprint density at radius 2 is 2.04 bits per heavy atom. The third-order valence-corrected chi connectivity index (χ3v) is 5.36. The molecule has 0 heterocycles. The van der Waals surface area contributed by atoms with Crippen molar-refractivity contribution in [3.63, 3.8) is 0 Å². The summed E-state index contributed by atoms with van der Waals surface area (Å²) in [6.45, 7) is 4.20. The number of aryl methyl sites for hydroxylation is 1. The van der Waals surface area contributed by atoms with Crippen LogP contribution in [0.3, 0.4) is 0 Å². The highest BCUT2D eigenvalue weighted by molar-refractivity contribution is 6.33. The van der Waals surface area contributed by atoms with Gasteiger partial charge in [0.05, 0.1) is 13.2 Å². The van der Waals surface area contributed by atoms with E-state index in [1.165, 1.54) is 0 Å². The lowest BCUT2D eigenvalue weighted by atomic mass is 9.70. The molecular formula is C20H22ClNO3. The molecule has 0 bridgehead atoms. The van der Waals surface area contributed by atoms with Crippen LogP contribution < -0.4 is 10.1 Å². The van der Waals surface area contributed by atoms with Crippen molar-refractivity contribution >= 4 is 17.7 Å². The average Bonchev–Trinajstić information content (AvgIpc) is 2.57. The highest BCUT2D eigenvalue weighted by Crippen LogP contribution is 2.45. The van der Waals surface area contributed by atoms with Crippen molar-refractivity contribution in [1.29, 1.82) is 0 Å². The van der Waals surface area contributed by atoms with Crippen molar-refractivity contribution in [3.8, 4) is 16.9 Å². The third-order valence-electron chi connectivity index (χ3n) is 5.03. The van der Waals surface area contributed by atoms with Gasteiger partial charge in [0.2, 0.25) is 0 Å². The number of methoxy groups -OCH3 is 1. The average molecular weight is 360 g/mol. The number of rotatable bonds is 3. The summed E-state index contributed by atoms with van der Waals surface area (Å²) in [6, 6.07) is 11.5. The predicted molar refractivity (Wildman–Crippen MR) is 99.4 cm³/mol. The number of halogens is 1. The van der Waals surface area contributed by atoms with Crippen LogP contribution in [0, 0.1) is 5.41 Å². The van der Waals surface area contributed by atoms with Crippen molar-refractivity contribution in [2.45, 2.75) is 32.7 Å². The maximum Gasteiger partial charge on any atom is 0.405 e. The van der Waals surface area contributed by atoms with Gasteiger partial charge in [0.25, 0.3) is 0 Å². The Labute approximate surface area is 152 Å². The normalized spacial score (nSPS) is 18.3. The molecule has 2 aromatic carbocycles. The van der Waals surface area contributed by atoms with Crippen LogP contribution in [-0.2, 0) is 6.42 Å². The van der Waals surface area contributed by atoms with Gasteiger partial charge in [-0.3, -0.25) is 0 Å². The lowest BCUT2D eigenvalue weighted by Crippen LogP contribution is -2.40. The summed E-state index contributed by atoms with van der Waals surface area (Å²) in [7, 11) is 1.63. The summed E-state index contributed by atoms with van der Waals surface area (Å²) in [4.78, 5) is 11.2. The molecule has 1 amide bonds. The van der Waals surface area contributed by atoms with Gasteiger partial charge in [0.15, 0.2) is 0 Å². The minimum Gasteiger partial charge on any atom is -0.497 e. The molecule has 0 saturated carbocycles. The Bertz CT molecular complexity index is 817. The van der Waals surface area contributed by atoms with Crippen LogP contribution >= 0.6 is 11.6 Å². The quantitative estimate of drug-likeness (QED) is 0.782. The molecule has 0 aromatic heterocycles. The molecule has 0 fully saturated rings. The summed E-state index contributed by atoms with van der Waals surface area (Å²) in [5.41, 5.74) is 4.00. The number of hydrogen-bond donors (Lipinski definition) is 2. The molecule has 25 heavy (non-hydrogen) atoms. The molecular weight excluding hydrogens is 338 g/mol. The minimum atomic E-state index is -0.995. The van der Waals surface area contributed by atoms with Crippen LogP contribution in [0.1, 0.15) is 37.4 Å². The number of carbonyl (C=O) groups is 1. The van der Waals surface area contributed by atoms with Gasteiger partial charge < -0.3 is 15.2 Å². The van der Waals surface area contributed by atoms with Gasteiger partial charge in [0.1, 0.15) is 5.75 Å². The first-order valence-corrected chi connectivity index (χ1v) is 8.66. The molecule has 0 spiro atoms. The zero-order chi connectivity index (χ0) is 18.2. The summed E-state index contributed by atoms with van der Waals surface area (Å²) >= 11 is 6.37. The number of ether oxygens (including phenoxy) is 1. The van der Waals surface area contributed by atoms with Gasteiger partial charge in [-0.1, -0.05) is 43.6 Å². The van der Waals surface area contributed by atoms with E-state index < -0.39 is 6.09 Å². The Morgan fingerprint density at radius 1 is 1.28 bits per heavy atom. The Morgan fingerprint density at radius 3 is 2.72 bits per heavy atom. The Balaban J connectivity index is 2.05. The molecule has 1 aliphatic rings. The molecule has 0 saturated heterocycles. The minimum absolute atomic E-state index is 0.124. The standard InChI is InChI=1S/C20H22ClNO3/c1-20(2)9-8-13-10-12(4-6-15(13)18(20)22-19(23)24)16-11-14(25-3)5-7-17(16)21/h4-7,10-11,18,22H,8-9H2,1-3H3,(H,23,24). The largest absolute Gasteiger partial charge is 0.497 e. The lowest BCUT2D eigenvalue weighted by molar-refractivity contribution is 0.161. The molecule has 1 unspecified atom stereocenters. The highest BCUT2D eigenvalue weighted by atomic mass is 35.5. The maximum absolute atomic E-state index is 11.2. The van der Waals surface area contributed by atoms with Crippen molar-refractivity contribution in [2.24, 2.45) is 5.41 Å². The zero-order valence-electron chi connectivity index (χ0n) is 14.6. The Kier molecular flexibility index (Phi) is 4.65. The summed E-state index contributed by atoms with van der Waals surface area (Å²) < 4.78 is 5.30. The van der Waals surface area contributed by atoms with Gasteiger partial charge in [-0.05, 0) is 53.1 Å². The van der Waals surface area contributed by atoms with Crippen LogP contribution in [0.25, 0.3) is 11.1 Å². The van der Waals surface area contributed by atoms with Gasteiger partial charge in [-0.15, -0.1) is 0 Å². The van der Waals surface area contributed by atoms with E-state index in [-0.39, 0.29) is 11.5 Å². The first-order valence-electron chi connectivity index (χ1n) is 8.28. The van der Waals surface area contributed by atoms with Crippen LogP contribution in [0.4, 0.5) is 4.79 Å². The number of nitrogens with one attached hydrogen (secondary N) is 1. The van der Waals surface area contributed by atoms with Crippen molar-refractivity contribution in [2.75, 3.05) is 7.11 Å². The Hall–Kier alpha value is -2.20. The van der Waals surface area contributed by atoms with Crippen LogP contribution in [-0.4, -0.2) is 18.3 Å². The summed E-state index contributed by atoms with van der Waals surface area (Å²) in [5.74, 6) is 0.753. The number of fused-ring (bicyclic) bond motifs is 1. The second-order valence-electron chi connectivity index (χ2n) is 7.13.